The number of aromatic nitrogens is 1. The molecule has 0 aliphatic carbocycles. The molecule has 1 aromatic carbocycles. The van der Waals surface area contributed by atoms with Crippen LogP contribution in [-0.4, -0.2) is 50.4 Å². The maximum atomic E-state index is 13.4. The first-order valence-electron chi connectivity index (χ1n) is 8.27. The molecule has 1 aromatic heterocycles. The van der Waals surface area contributed by atoms with E-state index in [-0.39, 0.29) is 28.9 Å². The second kappa shape index (κ2) is 8.79. The van der Waals surface area contributed by atoms with Crippen LogP contribution in [0, 0.1) is 6.92 Å². The lowest BCUT2D eigenvalue weighted by molar-refractivity contribution is 0.0599. The summed E-state index contributed by atoms with van der Waals surface area (Å²) in [5.41, 5.74) is 1.47. The van der Waals surface area contributed by atoms with E-state index in [9.17, 15) is 13.2 Å². The predicted molar refractivity (Wildman–Crippen MR) is 104 cm³/mol. The molecule has 1 aliphatic heterocycles. The van der Waals surface area contributed by atoms with Crippen LogP contribution < -0.4 is 5.32 Å². The van der Waals surface area contributed by atoms with Gasteiger partial charge in [-0.15, -0.1) is 12.4 Å². The number of hydrogen-bond acceptors (Lipinski definition) is 6. The molecular formula is C18H22ClN3O4S. The number of rotatable bonds is 4. The van der Waals surface area contributed by atoms with Gasteiger partial charge in [0.1, 0.15) is 0 Å². The van der Waals surface area contributed by atoms with Gasteiger partial charge in [0.25, 0.3) is 0 Å². The second-order valence-corrected chi connectivity index (χ2v) is 7.90. The van der Waals surface area contributed by atoms with E-state index < -0.39 is 16.0 Å². The molecule has 3 rings (SSSR count). The smallest absolute Gasteiger partial charge is 0.338 e. The van der Waals surface area contributed by atoms with Gasteiger partial charge >= 0.3 is 5.97 Å². The van der Waals surface area contributed by atoms with Crippen molar-refractivity contribution in [3.05, 3.63) is 59.4 Å². The molecule has 0 saturated carbocycles. The highest BCUT2D eigenvalue weighted by molar-refractivity contribution is 7.89. The van der Waals surface area contributed by atoms with Gasteiger partial charge in [-0.25, -0.2) is 13.2 Å². The van der Waals surface area contributed by atoms with Crippen LogP contribution in [0.25, 0.3) is 0 Å². The average molecular weight is 412 g/mol. The molecule has 0 amide bonds. The van der Waals surface area contributed by atoms with Crippen LogP contribution in [0.2, 0.25) is 0 Å². The zero-order chi connectivity index (χ0) is 18.7. The molecule has 1 fully saturated rings. The molecule has 2 heterocycles. The Labute approximate surface area is 165 Å². The topological polar surface area (TPSA) is 88.6 Å². The van der Waals surface area contributed by atoms with Gasteiger partial charge in [0.15, 0.2) is 0 Å². The van der Waals surface area contributed by atoms with Gasteiger partial charge in [0.05, 0.1) is 23.6 Å². The highest BCUT2D eigenvalue weighted by Crippen LogP contribution is 2.30. The molecule has 0 bridgehead atoms. The highest BCUT2D eigenvalue weighted by Gasteiger charge is 2.36. The maximum absolute atomic E-state index is 13.4. The van der Waals surface area contributed by atoms with Crippen molar-refractivity contribution in [2.45, 2.75) is 17.9 Å². The predicted octanol–water partition coefficient (Wildman–Crippen LogP) is 1.93. The molecule has 146 valence electrons. The molecular weight excluding hydrogens is 390 g/mol. The lowest BCUT2D eigenvalue weighted by Crippen LogP contribution is -2.48. The van der Waals surface area contributed by atoms with Crippen LogP contribution in [0.1, 0.15) is 27.5 Å². The lowest BCUT2D eigenvalue weighted by atomic mass is 10.1. The van der Waals surface area contributed by atoms with Crippen molar-refractivity contribution in [1.82, 2.24) is 14.6 Å². The first-order chi connectivity index (χ1) is 12.5. The molecule has 0 radical (unpaired) electrons. The average Bonchev–Trinajstić information content (AvgIpc) is 2.68. The minimum Gasteiger partial charge on any atom is -0.465 e. The van der Waals surface area contributed by atoms with Gasteiger partial charge in [0, 0.05) is 32.0 Å². The van der Waals surface area contributed by atoms with Gasteiger partial charge in [-0.3, -0.25) is 4.98 Å². The van der Waals surface area contributed by atoms with Crippen molar-refractivity contribution in [1.29, 1.82) is 0 Å². The Bertz CT molecular complexity index is 906. The fourth-order valence-electron chi connectivity index (χ4n) is 3.18. The Kier molecular flexibility index (Phi) is 6.94. The number of methoxy groups -OCH3 is 1. The van der Waals surface area contributed by atoms with Crippen molar-refractivity contribution in [3.63, 3.8) is 0 Å². The number of piperazine rings is 1. The number of nitrogens with zero attached hydrogens (tertiary/aromatic N) is 2. The Morgan fingerprint density at radius 1 is 1.30 bits per heavy atom. The van der Waals surface area contributed by atoms with E-state index in [4.69, 9.17) is 4.74 Å². The summed E-state index contributed by atoms with van der Waals surface area (Å²) in [7, 11) is -2.52. The number of ether oxygens (including phenoxy) is 1. The summed E-state index contributed by atoms with van der Waals surface area (Å²) in [4.78, 5) is 16.2. The second-order valence-electron chi connectivity index (χ2n) is 6.04. The van der Waals surface area contributed by atoms with Crippen LogP contribution in [0.5, 0.6) is 0 Å². The first kappa shape index (κ1) is 21.3. The van der Waals surface area contributed by atoms with Crippen LogP contribution in [0.4, 0.5) is 0 Å². The van der Waals surface area contributed by atoms with Gasteiger partial charge in [-0.2, -0.15) is 4.31 Å². The molecule has 0 spiro atoms. The molecule has 1 atom stereocenters. The quantitative estimate of drug-likeness (QED) is 0.773. The van der Waals surface area contributed by atoms with Crippen molar-refractivity contribution in [2.24, 2.45) is 0 Å². The number of sulfonamides is 1. The zero-order valence-electron chi connectivity index (χ0n) is 15.1. The number of halogens is 1. The monoisotopic (exact) mass is 411 g/mol. The van der Waals surface area contributed by atoms with E-state index >= 15 is 0 Å². The molecule has 1 aliphatic rings. The summed E-state index contributed by atoms with van der Waals surface area (Å²) in [5.74, 6) is -0.552. The minimum atomic E-state index is -3.80. The minimum absolute atomic E-state index is 0. The molecule has 2 aromatic rings. The SMILES string of the molecule is COC(=O)c1cccc(S(=O)(=O)N2CCNCC2c2cccnc2)c1C.Cl. The molecule has 27 heavy (non-hydrogen) atoms. The normalized spacial score (nSPS) is 17.8. The summed E-state index contributed by atoms with van der Waals surface area (Å²) < 4.78 is 33.0. The van der Waals surface area contributed by atoms with Gasteiger partial charge < -0.3 is 10.1 Å². The molecule has 1 N–H and O–H groups in total. The Morgan fingerprint density at radius 3 is 2.74 bits per heavy atom. The van der Waals surface area contributed by atoms with E-state index in [0.29, 0.717) is 25.2 Å². The third-order valence-electron chi connectivity index (χ3n) is 4.54. The first-order valence-corrected chi connectivity index (χ1v) is 9.71. The molecule has 9 heteroatoms. The summed E-state index contributed by atoms with van der Waals surface area (Å²) in [6, 6.07) is 7.95. The Balaban J connectivity index is 0.00000261. The van der Waals surface area contributed by atoms with Crippen molar-refractivity contribution >= 4 is 28.4 Å². The summed E-state index contributed by atoms with van der Waals surface area (Å²) >= 11 is 0. The molecule has 7 nitrogen and oxygen atoms in total. The maximum Gasteiger partial charge on any atom is 0.338 e. The number of benzene rings is 1. The van der Waals surface area contributed by atoms with Crippen LogP contribution in [0.15, 0.2) is 47.6 Å². The third-order valence-corrected chi connectivity index (χ3v) is 6.59. The van der Waals surface area contributed by atoms with E-state index in [0.717, 1.165) is 5.56 Å². The Morgan fingerprint density at radius 2 is 2.07 bits per heavy atom. The van der Waals surface area contributed by atoms with Crippen LogP contribution in [-0.2, 0) is 14.8 Å². The number of carbonyl (C=O) groups excluding carboxylic acids is 1. The highest BCUT2D eigenvalue weighted by atomic mass is 35.5. The third kappa shape index (κ3) is 4.14. The van der Waals surface area contributed by atoms with Crippen molar-refractivity contribution in [3.8, 4) is 0 Å². The van der Waals surface area contributed by atoms with Crippen molar-refractivity contribution in [2.75, 3.05) is 26.7 Å². The largest absolute Gasteiger partial charge is 0.465 e. The standard InChI is InChI=1S/C18H21N3O4S.ClH/c1-13-15(18(22)25-2)6-3-7-17(13)26(23,24)21-10-9-20-12-16(21)14-5-4-8-19-11-14;/h3-8,11,16,20H,9-10,12H2,1-2H3;1H. The van der Waals surface area contributed by atoms with Crippen molar-refractivity contribution < 1.29 is 17.9 Å². The number of hydrogen-bond donors (Lipinski definition) is 1. The summed E-state index contributed by atoms with van der Waals surface area (Å²) in [6.07, 6.45) is 3.33. The van der Waals surface area contributed by atoms with E-state index in [1.807, 2.05) is 6.07 Å². The van der Waals surface area contributed by atoms with E-state index in [1.54, 1.807) is 37.5 Å². The molecule has 1 unspecified atom stereocenters. The number of esters is 1. The number of nitrogens with one attached hydrogen (secondary N) is 1. The van der Waals surface area contributed by atoms with E-state index in [2.05, 4.69) is 10.3 Å². The Hall–Kier alpha value is -2.00. The fourth-order valence-corrected chi connectivity index (χ4v) is 5.04. The lowest BCUT2D eigenvalue weighted by Gasteiger charge is -2.35. The van der Waals surface area contributed by atoms with Crippen LogP contribution >= 0.6 is 12.4 Å². The van der Waals surface area contributed by atoms with E-state index in [1.165, 1.54) is 17.5 Å². The fraction of sp³-hybridized carbons (Fsp3) is 0.333. The van der Waals surface area contributed by atoms with Gasteiger partial charge in [-0.1, -0.05) is 12.1 Å². The zero-order valence-corrected chi connectivity index (χ0v) is 16.7. The van der Waals surface area contributed by atoms with Crippen LogP contribution in [0.3, 0.4) is 0 Å². The molecule has 1 saturated heterocycles. The van der Waals surface area contributed by atoms with Gasteiger partial charge in [-0.05, 0) is 36.2 Å². The van der Waals surface area contributed by atoms with Gasteiger partial charge in [0.2, 0.25) is 10.0 Å². The number of carbonyl (C=O) groups is 1. The summed E-state index contributed by atoms with van der Waals surface area (Å²) in [5, 5.41) is 3.23. The number of pyridine rings is 1. The summed E-state index contributed by atoms with van der Waals surface area (Å²) in [6.45, 7) is 3.02.